The molecule has 8 nitrogen and oxygen atoms in total. The van der Waals surface area contributed by atoms with Gasteiger partial charge in [-0.3, -0.25) is 9.59 Å². The van der Waals surface area contributed by atoms with E-state index >= 15 is 0 Å². The Bertz CT molecular complexity index is 1120. The topological polar surface area (TPSA) is 98.8 Å². The monoisotopic (exact) mass is 530 g/mol. The molecule has 180 valence electrons. The van der Waals surface area contributed by atoms with E-state index < -0.39 is 16.1 Å². The van der Waals surface area contributed by atoms with Gasteiger partial charge in [0.2, 0.25) is 11.8 Å². The van der Waals surface area contributed by atoms with E-state index in [1.54, 1.807) is 18.2 Å². The lowest BCUT2D eigenvalue weighted by atomic mass is 10.1. The van der Waals surface area contributed by atoms with E-state index in [-0.39, 0.29) is 28.6 Å². The van der Waals surface area contributed by atoms with Gasteiger partial charge in [0, 0.05) is 35.4 Å². The van der Waals surface area contributed by atoms with Crippen LogP contribution in [0.15, 0.2) is 28.5 Å². The molecule has 2 unspecified atom stereocenters. The molecule has 2 aromatic heterocycles. The minimum atomic E-state index is -3.87. The van der Waals surface area contributed by atoms with Crippen molar-refractivity contribution in [3.05, 3.63) is 28.6 Å². The van der Waals surface area contributed by atoms with E-state index in [0.29, 0.717) is 30.3 Å². The van der Waals surface area contributed by atoms with Crippen molar-refractivity contribution in [2.45, 2.75) is 42.0 Å². The van der Waals surface area contributed by atoms with E-state index in [4.69, 9.17) is 11.6 Å². The highest BCUT2D eigenvalue weighted by Gasteiger charge is 2.36. The minimum absolute atomic E-state index is 0.0143. The molecule has 4 rings (SSSR count). The number of carbonyl (C=O) groups excluding carboxylic acids is 2. The Morgan fingerprint density at radius 3 is 2.58 bits per heavy atom. The first kappa shape index (κ1) is 24.6. The summed E-state index contributed by atoms with van der Waals surface area (Å²) in [4.78, 5) is 30.9. The molecule has 0 spiro atoms. The molecule has 2 fully saturated rings. The first-order chi connectivity index (χ1) is 15.8. The number of hydrogen-bond acceptors (Lipinski definition) is 7. The van der Waals surface area contributed by atoms with Crippen molar-refractivity contribution in [1.29, 1.82) is 0 Å². The van der Waals surface area contributed by atoms with Crippen molar-refractivity contribution in [3.8, 4) is 9.75 Å². The Kier molecular flexibility index (Phi) is 7.76. The van der Waals surface area contributed by atoms with Gasteiger partial charge in [0.25, 0.3) is 10.0 Å². The van der Waals surface area contributed by atoms with Gasteiger partial charge in [-0.05, 0) is 57.0 Å². The lowest BCUT2D eigenvalue weighted by Crippen LogP contribution is -2.55. The molecular formula is C21H27ClN4O4S3. The van der Waals surface area contributed by atoms with Gasteiger partial charge in [0.15, 0.2) is 0 Å². The number of amides is 2. The van der Waals surface area contributed by atoms with Crippen LogP contribution in [0.2, 0.25) is 4.34 Å². The molecule has 2 aliphatic rings. The SMILES string of the molecule is CNCC1CCCN1C(=O)CN1CCCC(NS(=O)(=O)c2ccc(-c3ccc(Cl)s3)s2)C1=O. The maximum Gasteiger partial charge on any atom is 0.250 e. The summed E-state index contributed by atoms with van der Waals surface area (Å²) < 4.78 is 29.3. The van der Waals surface area contributed by atoms with Crippen LogP contribution < -0.4 is 10.0 Å². The molecule has 2 saturated heterocycles. The number of halogens is 1. The third kappa shape index (κ3) is 5.60. The maximum absolute atomic E-state index is 13.0. The van der Waals surface area contributed by atoms with Crippen LogP contribution in [0.4, 0.5) is 0 Å². The van der Waals surface area contributed by atoms with Crippen molar-refractivity contribution in [2.75, 3.05) is 33.2 Å². The molecule has 2 N–H and O–H groups in total. The quantitative estimate of drug-likeness (QED) is 0.546. The van der Waals surface area contributed by atoms with Crippen molar-refractivity contribution in [2.24, 2.45) is 0 Å². The van der Waals surface area contributed by atoms with Crippen LogP contribution in [0, 0.1) is 0 Å². The Morgan fingerprint density at radius 1 is 1.12 bits per heavy atom. The molecule has 0 saturated carbocycles. The summed E-state index contributed by atoms with van der Waals surface area (Å²) in [5.74, 6) is -0.425. The first-order valence-corrected chi connectivity index (χ1v) is 14.4. The van der Waals surface area contributed by atoms with Gasteiger partial charge >= 0.3 is 0 Å². The van der Waals surface area contributed by atoms with Gasteiger partial charge in [0.05, 0.1) is 10.9 Å². The number of likely N-dealkylation sites (tertiary alicyclic amines) is 2. The highest BCUT2D eigenvalue weighted by Crippen LogP contribution is 2.36. The van der Waals surface area contributed by atoms with Gasteiger partial charge in [-0.1, -0.05) is 11.6 Å². The zero-order chi connectivity index (χ0) is 23.6. The number of likely N-dealkylation sites (N-methyl/N-ethyl adjacent to an activating group) is 1. The summed E-state index contributed by atoms with van der Waals surface area (Å²) in [6.45, 7) is 1.86. The van der Waals surface area contributed by atoms with Crippen LogP contribution in [0.25, 0.3) is 9.75 Å². The number of rotatable bonds is 8. The predicted molar refractivity (Wildman–Crippen MR) is 131 cm³/mol. The van der Waals surface area contributed by atoms with E-state index in [9.17, 15) is 18.0 Å². The van der Waals surface area contributed by atoms with Gasteiger partial charge in [-0.15, -0.1) is 22.7 Å². The Morgan fingerprint density at radius 2 is 1.85 bits per heavy atom. The highest BCUT2D eigenvalue weighted by molar-refractivity contribution is 7.91. The third-order valence-corrected chi connectivity index (χ3v) is 10.4. The molecule has 2 aromatic rings. The number of thiophene rings is 2. The fourth-order valence-corrected chi connectivity index (χ4v) is 8.04. The molecule has 0 radical (unpaired) electrons. The second kappa shape index (κ2) is 10.4. The van der Waals surface area contributed by atoms with Crippen molar-refractivity contribution >= 4 is 56.1 Å². The Labute approximate surface area is 207 Å². The normalized spacial score (nSPS) is 21.7. The second-order valence-corrected chi connectivity index (χ2v) is 13.0. The van der Waals surface area contributed by atoms with Crippen LogP contribution >= 0.6 is 34.3 Å². The number of nitrogens with one attached hydrogen (secondary N) is 2. The molecule has 2 amide bonds. The average Bonchev–Trinajstić information content (AvgIpc) is 3.51. The number of nitrogens with zero attached hydrogens (tertiary/aromatic N) is 2. The smallest absolute Gasteiger partial charge is 0.250 e. The Balaban J connectivity index is 1.40. The summed E-state index contributed by atoms with van der Waals surface area (Å²) in [7, 11) is -2.01. The maximum atomic E-state index is 13.0. The summed E-state index contributed by atoms with van der Waals surface area (Å²) in [5, 5.41) is 3.11. The van der Waals surface area contributed by atoms with Crippen molar-refractivity contribution in [3.63, 3.8) is 0 Å². The van der Waals surface area contributed by atoms with Crippen LogP contribution in [0.1, 0.15) is 25.7 Å². The van der Waals surface area contributed by atoms with Gasteiger partial charge in [-0.2, -0.15) is 4.72 Å². The molecule has 12 heteroatoms. The molecule has 33 heavy (non-hydrogen) atoms. The van der Waals surface area contributed by atoms with Crippen LogP contribution in [-0.4, -0.2) is 75.3 Å². The summed E-state index contributed by atoms with van der Waals surface area (Å²) in [5.41, 5.74) is 0. The number of sulfonamides is 1. The van der Waals surface area contributed by atoms with E-state index in [0.717, 1.165) is 40.5 Å². The molecular weight excluding hydrogens is 504 g/mol. The number of piperidine rings is 1. The minimum Gasteiger partial charge on any atom is -0.337 e. The van der Waals surface area contributed by atoms with Crippen LogP contribution in [0.3, 0.4) is 0 Å². The van der Waals surface area contributed by atoms with Crippen LogP contribution in [-0.2, 0) is 19.6 Å². The largest absolute Gasteiger partial charge is 0.337 e. The Hall–Kier alpha value is -1.50. The first-order valence-electron chi connectivity index (χ1n) is 10.9. The standard InChI is InChI=1S/C21H27ClN4O4S3/c1-23-12-14-4-2-11-26(14)19(27)13-25-10-3-5-15(21(25)28)24-33(29,30)20-9-7-17(32-20)16-6-8-18(22)31-16/h6-9,14-15,23-24H,2-5,10-13H2,1H3. The highest BCUT2D eigenvalue weighted by atomic mass is 35.5. The molecule has 0 bridgehead atoms. The van der Waals surface area contributed by atoms with E-state index in [1.165, 1.54) is 16.2 Å². The van der Waals surface area contributed by atoms with Gasteiger partial charge in [0.1, 0.15) is 10.3 Å². The molecule has 2 aliphatic heterocycles. The predicted octanol–water partition coefficient (Wildman–Crippen LogP) is 2.61. The molecule has 0 aromatic carbocycles. The molecule has 4 heterocycles. The van der Waals surface area contributed by atoms with Crippen molar-refractivity contribution < 1.29 is 18.0 Å². The summed E-state index contributed by atoms with van der Waals surface area (Å²) in [6.07, 6.45) is 2.95. The molecule has 0 aliphatic carbocycles. The van der Waals surface area contributed by atoms with Crippen molar-refractivity contribution in [1.82, 2.24) is 19.8 Å². The number of carbonyl (C=O) groups is 2. The zero-order valence-electron chi connectivity index (χ0n) is 18.3. The molecule has 2 atom stereocenters. The van der Waals surface area contributed by atoms with Crippen LogP contribution in [0.5, 0.6) is 0 Å². The lowest BCUT2D eigenvalue weighted by Gasteiger charge is -2.34. The fraction of sp³-hybridized carbons (Fsp3) is 0.524. The van der Waals surface area contributed by atoms with Gasteiger partial charge < -0.3 is 15.1 Å². The van der Waals surface area contributed by atoms with Gasteiger partial charge in [-0.25, -0.2) is 8.42 Å². The summed E-state index contributed by atoms with van der Waals surface area (Å²) >= 11 is 8.51. The lowest BCUT2D eigenvalue weighted by molar-refractivity contribution is -0.143. The van der Waals surface area contributed by atoms with E-state index in [1.807, 2.05) is 18.0 Å². The number of hydrogen-bond donors (Lipinski definition) is 2. The average molecular weight is 531 g/mol. The van der Waals surface area contributed by atoms with E-state index in [2.05, 4.69) is 10.0 Å². The fourth-order valence-electron chi connectivity index (χ4n) is 4.36. The second-order valence-electron chi connectivity index (χ2n) is 8.24. The zero-order valence-corrected chi connectivity index (χ0v) is 21.5. The summed E-state index contributed by atoms with van der Waals surface area (Å²) in [6, 6.07) is 6.18. The third-order valence-electron chi connectivity index (χ3n) is 5.95.